The van der Waals surface area contributed by atoms with Crippen LogP contribution in [-0.2, 0) is 6.61 Å². The predicted molar refractivity (Wildman–Crippen MR) is 119 cm³/mol. The lowest BCUT2D eigenvalue weighted by molar-refractivity contribution is 0.283. The Balaban J connectivity index is 1.91. The Morgan fingerprint density at radius 3 is 2.34 bits per heavy atom. The lowest BCUT2D eigenvalue weighted by atomic mass is 9.96. The number of nitrogen functional groups attached to an aromatic ring is 1. The van der Waals surface area contributed by atoms with Gasteiger partial charge in [0.25, 0.3) is 5.56 Å². The molecule has 0 aliphatic rings. The monoisotopic (exact) mass is 430 g/mol. The second-order valence-electron chi connectivity index (χ2n) is 6.68. The van der Waals surface area contributed by atoms with Gasteiger partial charge in [-0.2, -0.15) is 10.5 Å². The highest BCUT2D eigenvalue weighted by Gasteiger charge is 2.18. The summed E-state index contributed by atoms with van der Waals surface area (Å²) in [5.74, 6) is 1.72. The molecule has 0 fully saturated rings. The number of H-pyrrole nitrogens is 1. The highest BCUT2D eigenvalue weighted by Crippen LogP contribution is 2.32. The smallest absolute Gasteiger partial charge is 0.268 e. The number of aromatic nitrogens is 1. The maximum absolute atomic E-state index is 12.2. The molecule has 8 nitrogen and oxygen atoms in total. The summed E-state index contributed by atoms with van der Waals surface area (Å²) in [6.45, 7) is 5.10. The Bertz CT molecular complexity index is 1270. The van der Waals surface area contributed by atoms with Gasteiger partial charge in [0.2, 0.25) is 0 Å². The van der Waals surface area contributed by atoms with Gasteiger partial charge in [0.15, 0.2) is 11.5 Å². The second-order valence-corrected chi connectivity index (χ2v) is 6.68. The molecule has 3 rings (SSSR count). The van der Waals surface area contributed by atoms with Crippen molar-refractivity contribution in [3.8, 4) is 40.5 Å². The Labute approximate surface area is 185 Å². The third-order valence-electron chi connectivity index (χ3n) is 4.60. The van der Waals surface area contributed by atoms with Crippen molar-refractivity contribution >= 4 is 5.82 Å². The molecule has 0 atom stereocenters. The van der Waals surface area contributed by atoms with E-state index in [2.05, 4.69) is 4.98 Å². The Morgan fingerprint density at radius 2 is 1.66 bits per heavy atom. The van der Waals surface area contributed by atoms with E-state index in [1.165, 1.54) is 0 Å². The van der Waals surface area contributed by atoms with E-state index >= 15 is 0 Å². The average Bonchev–Trinajstić information content (AvgIpc) is 2.79. The first-order chi connectivity index (χ1) is 15.5. The van der Waals surface area contributed by atoms with E-state index in [0.717, 1.165) is 5.56 Å². The topological polar surface area (TPSA) is 134 Å². The number of nitrogens with one attached hydrogen (secondary N) is 1. The molecule has 0 saturated carbocycles. The lowest BCUT2D eigenvalue weighted by Crippen LogP contribution is -2.16. The molecule has 1 aromatic heterocycles. The number of nitrogens with zero attached hydrogens (tertiary/aromatic N) is 2. The molecular formula is C24H22N4O4. The van der Waals surface area contributed by atoms with Gasteiger partial charge in [0, 0.05) is 5.56 Å². The molecule has 1 heterocycles. The van der Waals surface area contributed by atoms with E-state index in [0.29, 0.717) is 36.0 Å². The molecule has 3 N–H and O–H groups in total. The maximum Gasteiger partial charge on any atom is 0.268 e. The molecule has 0 bridgehead atoms. The fraction of sp³-hybridized carbons (Fsp3) is 0.208. The quantitative estimate of drug-likeness (QED) is 0.556. The molecule has 8 heteroatoms. The van der Waals surface area contributed by atoms with E-state index < -0.39 is 5.56 Å². The van der Waals surface area contributed by atoms with Gasteiger partial charge in [-0.05, 0) is 49.2 Å². The predicted octanol–water partition coefficient (Wildman–Crippen LogP) is 3.74. The SMILES string of the molecule is CCOc1ccc(COc2cccc(-c3c(C#N)c(N)[nH]c(=O)c3C#N)c2)cc1OCC. The molecule has 0 aliphatic heterocycles. The standard InChI is InChI=1S/C24H22N4O4/c1-3-30-20-9-8-15(10-21(20)31-4-2)14-32-17-7-5-6-16(11-17)22-18(12-25)23(27)28-24(29)19(22)13-26/h5-11H,3-4,14H2,1-2H3,(H3,27,28,29). The van der Waals surface area contributed by atoms with Crippen molar-refractivity contribution in [2.75, 3.05) is 18.9 Å². The van der Waals surface area contributed by atoms with Gasteiger partial charge >= 0.3 is 0 Å². The van der Waals surface area contributed by atoms with Gasteiger partial charge in [-0.15, -0.1) is 0 Å². The minimum atomic E-state index is -0.650. The fourth-order valence-corrected chi connectivity index (χ4v) is 3.23. The molecule has 2 aromatic carbocycles. The van der Waals surface area contributed by atoms with Crippen LogP contribution in [0.15, 0.2) is 47.3 Å². The summed E-state index contributed by atoms with van der Waals surface area (Å²) in [6, 6.07) is 16.2. The first-order valence-corrected chi connectivity index (χ1v) is 10.00. The number of rotatable bonds is 8. The number of aromatic amines is 1. The van der Waals surface area contributed by atoms with Crippen molar-refractivity contribution < 1.29 is 14.2 Å². The van der Waals surface area contributed by atoms with Crippen LogP contribution >= 0.6 is 0 Å². The number of anilines is 1. The van der Waals surface area contributed by atoms with Gasteiger partial charge in [0.1, 0.15) is 41.4 Å². The minimum Gasteiger partial charge on any atom is -0.490 e. The summed E-state index contributed by atoms with van der Waals surface area (Å²) >= 11 is 0. The van der Waals surface area contributed by atoms with Crippen LogP contribution in [0.3, 0.4) is 0 Å². The number of hydrogen-bond acceptors (Lipinski definition) is 7. The second kappa shape index (κ2) is 10.1. The molecule has 0 amide bonds. The van der Waals surface area contributed by atoms with Crippen molar-refractivity contribution in [3.05, 3.63) is 69.5 Å². The van der Waals surface area contributed by atoms with Gasteiger partial charge in [-0.25, -0.2) is 0 Å². The molecule has 0 radical (unpaired) electrons. The van der Waals surface area contributed by atoms with Crippen LogP contribution in [0.2, 0.25) is 0 Å². The number of hydrogen-bond donors (Lipinski definition) is 2. The first kappa shape index (κ1) is 22.3. The molecule has 0 saturated heterocycles. The Kier molecular flexibility index (Phi) is 6.99. The van der Waals surface area contributed by atoms with Crippen LogP contribution in [0.1, 0.15) is 30.5 Å². The van der Waals surface area contributed by atoms with Gasteiger partial charge in [-0.1, -0.05) is 18.2 Å². The van der Waals surface area contributed by atoms with Crippen molar-refractivity contribution in [1.29, 1.82) is 10.5 Å². The molecule has 162 valence electrons. The average molecular weight is 430 g/mol. The number of nitriles is 2. The number of benzene rings is 2. The van der Waals surface area contributed by atoms with E-state index in [-0.39, 0.29) is 29.1 Å². The van der Waals surface area contributed by atoms with Gasteiger partial charge in [0.05, 0.1) is 13.2 Å². The van der Waals surface area contributed by atoms with Crippen LogP contribution in [0, 0.1) is 22.7 Å². The summed E-state index contributed by atoms with van der Waals surface area (Å²) in [5, 5.41) is 19.0. The highest BCUT2D eigenvalue weighted by molar-refractivity contribution is 5.80. The van der Waals surface area contributed by atoms with Gasteiger partial charge < -0.3 is 24.9 Å². The summed E-state index contributed by atoms with van der Waals surface area (Å²) in [7, 11) is 0. The van der Waals surface area contributed by atoms with E-state index in [1.54, 1.807) is 24.3 Å². The summed E-state index contributed by atoms with van der Waals surface area (Å²) in [4.78, 5) is 14.5. The van der Waals surface area contributed by atoms with Crippen LogP contribution in [0.5, 0.6) is 17.2 Å². The Morgan fingerprint density at radius 1 is 0.938 bits per heavy atom. The maximum atomic E-state index is 12.2. The third-order valence-corrected chi connectivity index (χ3v) is 4.60. The van der Waals surface area contributed by atoms with Crippen LogP contribution in [0.25, 0.3) is 11.1 Å². The van der Waals surface area contributed by atoms with Crippen LogP contribution in [0.4, 0.5) is 5.82 Å². The highest BCUT2D eigenvalue weighted by atomic mass is 16.5. The van der Waals surface area contributed by atoms with Crippen molar-refractivity contribution in [1.82, 2.24) is 4.98 Å². The molecule has 32 heavy (non-hydrogen) atoms. The summed E-state index contributed by atoms with van der Waals surface area (Å²) in [6.07, 6.45) is 0. The van der Waals surface area contributed by atoms with E-state index in [4.69, 9.17) is 19.9 Å². The first-order valence-electron chi connectivity index (χ1n) is 10.00. The van der Waals surface area contributed by atoms with Crippen molar-refractivity contribution in [2.45, 2.75) is 20.5 Å². The van der Waals surface area contributed by atoms with Crippen molar-refractivity contribution in [3.63, 3.8) is 0 Å². The third kappa shape index (κ3) is 4.66. The largest absolute Gasteiger partial charge is 0.490 e. The van der Waals surface area contributed by atoms with Gasteiger partial charge in [-0.3, -0.25) is 4.79 Å². The zero-order chi connectivity index (χ0) is 23.1. The Hall–Kier alpha value is -4.43. The molecule has 0 spiro atoms. The number of pyridine rings is 1. The van der Waals surface area contributed by atoms with E-state index in [9.17, 15) is 15.3 Å². The van der Waals surface area contributed by atoms with Crippen LogP contribution in [-0.4, -0.2) is 18.2 Å². The fourth-order valence-electron chi connectivity index (χ4n) is 3.23. The zero-order valence-corrected chi connectivity index (χ0v) is 17.8. The number of ether oxygens (including phenoxy) is 3. The summed E-state index contributed by atoms with van der Waals surface area (Å²) < 4.78 is 17.1. The van der Waals surface area contributed by atoms with E-state index in [1.807, 2.05) is 44.2 Å². The number of nitrogens with two attached hydrogens (primary N) is 1. The molecule has 3 aromatic rings. The molecule has 0 unspecified atom stereocenters. The van der Waals surface area contributed by atoms with Crippen LogP contribution < -0.4 is 25.5 Å². The van der Waals surface area contributed by atoms with Crippen molar-refractivity contribution in [2.24, 2.45) is 0 Å². The minimum absolute atomic E-state index is 0.0335. The lowest BCUT2D eigenvalue weighted by Gasteiger charge is -2.14. The molecule has 0 aliphatic carbocycles. The zero-order valence-electron chi connectivity index (χ0n) is 17.8. The normalized spacial score (nSPS) is 10.1. The molecular weight excluding hydrogens is 408 g/mol. The summed E-state index contributed by atoms with van der Waals surface area (Å²) in [5.41, 5.74) is 6.54.